The van der Waals surface area contributed by atoms with Crippen LogP contribution in [0.1, 0.15) is 34.5 Å². The zero-order valence-electron chi connectivity index (χ0n) is 20.7. The molecule has 8 heteroatoms. The monoisotopic (exact) mass is 510 g/mol. The first kappa shape index (κ1) is 25.0. The van der Waals surface area contributed by atoms with E-state index in [1.165, 1.54) is 0 Å². The van der Waals surface area contributed by atoms with Crippen molar-refractivity contribution >= 4 is 17.7 Å². The number of hydrogen-bond donors (Lipinski definition) is 3. The zero-order chi connectivity index (χ0) is 26.5. The van der Waals surface area contributed by atoms with E-state index in [9.17, 15) is 14.7 Å². The minimum atomic E-state index is -0.839. The maximum atomic E-state index is 13.5. The number of nitrogens with zero attached hydrogens (tertiary/aromatic N) is 2. The lowest BCUT2D eigenvalue weighted by Crippen LogP contribution is -2.44. The number of carboxylic acids is 1. The average molecular weight is 511 g/mol. The summed E-state index contributed by atoms with van der Waals surface area (Å²) in [5, 5.41) is 21.8. The van der Waals surface area contributed by atoms with E-state index in [1.54, 1.807) is 35.0 Å². The van der Waals surface area contributed by atoms with E-state index in [2.05, 4.69) is 5.32 Å². The van der Waals surface area contributed by atoms with Crippen LogP contribution in [0.3, 0.4) is 0 Å². The highest BCUT2D eigenvalue weighted by Crippen LogP contribution is 2.26. The summed E-state index contributed by atoms with van der Waals surface area (Å²) >= 11 is 0. The fourth-order valence-corrected chi connectivity index (χ4v) is 4.47. The third kappa shape index (κ3) is 5.81. The molecule has 1 atom stereocenters. The lowest BCUT2D eigenvalue weighted by atomic mass is 10.1. The number of carbonyl (C=O) groups is 2. The van der Waals surface area contributed by atoms with Crippen LogP contribution in [0.4, 0.5) is 5.82 Å². The lowest BCUT2D eigenvalue weighted by molar-refractivity contribution is -0.552. The molecule has 8 nitrogen and oxygen atoms in total. The maximum Gasteiger partial charge on any atom is 0.359 e. The number of anilines is 1. The Morgan fingerprint density at radius 3 is 2.42 bits per heavy atom. The number of phenols is 1. The van der Waals surface area contributed by atoms with Crippen LogP contribution < -0.4 is 14.6 Å². The Bertz CT molecular complexity index is 1440. The summed E-state index contributed by atoms with van der Waals surface area (Å²) in [7, 11) is 0. The second-order valence-corrected chi connectivity index (χ2v) is 9.23. The van der Waals surface area contributed by atoms with Gasteiger partial charge in [0, 0.05) is 24.8 Å². The number of carbonyl (C=O) groups excluding carboxylic acids is 1. The molecule has 0 amide bonds. The van der Waals surface area contributed by atoms with Crippen LogP contribution in [-0.4, -0.2) is 39.7 Å². The number of benzene rings is 3. The standard InChI is InChI=1S/C30H27N3O5/c34-23-12-10-22(11-13-23)27-19-33-29(25(31-27)17-20-5-2-1-3-6-20)32-26(30(33)37)18-21-8-14-24(15-9-21)38-16-4-7-28(35)36/h1-3,5-6,8-15,19,26H,4,7,16-18H2,(H2,34,35,36)/p+1. The number of phenolic OH excluding ortho intramolecular Hbond substituents is 1. The Labute approximate surface area is 220 Å². The van der Waals surface area contributed by atoms with Gasteiger partial charge in [0.05, 0.1) is 6.61 Å². The van der Waals surface area contributed by atoms with Gasteiger partial charge in [-0.1, -0.05) is 42.5 Å². The van der Waals surface area contributed by atoms with Crippen molar-refractivity contribution in [2.75, 3.05) is 11.9 Å². The normalized spacial score (nSPS) is 14.1. The number of carboxylic acid groups (broad SMARTS) is 1. The molecule has 0 spiro atoms. The van der Waals surface area contributed by atoms with Crippen molar-refractivity contribution in [1.29, 1.82) is 0 Å². The Hall–Kier alpha value is -4.72. The third-order valence-corrected chi connectivity index (χ3v) is 6.41. The van der Waals surface area contributed by atoms with E-state index in [-0.39, 0.29) is 18.1 Å². The molecular weight excluding hydrogens is 482 g/mol. The zero-order valence-corrected chi connectivity index (χ0v) is 20.7. The van der Waals surface area contributed by atoms with E-state index in [0.717, 1.165) is 22.4 Å². The Kier molecular flexibility index (Phi) is 7.31. The van der Waals surface area contributed by atoms with Gasteiger partial charge in [-0.3, -0.25) is 10.1 Å². The quantitative estimate of drug-likeness (QED) is 0.216. The van der Waals surface area contributed by atoms with E-state index >= 15 is 0 Å². The van der Waals surface area contributed by atoms with Gasteiger partial charge in [-0.2, -0.15) is 4.57 Å². The summed E-state index contributed by atoms with van der Waals surface area (Å²) in [5.74, 6) is 0.612. The molecule has 1 aliphatic heterocycles. The summed E-state index contributed by atoms with van der Waals surface area (Å²) in [6.45, 7) is 0.334. The van der Waals surface area contributed by atoms with Crippen molar-refractivity contribution in [3.8, 4) is 22.8 Å². The van der Waals surface area contributed by atoms with Crippen LogP contribution in [0.5, 0.6) is 11.5 Å². The second-order valence-electron chi connectivity index (χ2n) is 9.23. The summed E-state index contributed by atoms with van der Waals surface area (Å²) in [4.78, 5) is 29.0. The van der Waals surface area contributed by atoms with Crippen molar-refractivity contribution in [3.05, 3.63) is 102 Å². The summed E-state index contributed by atoms with van der Waals surface area (Å²) in [6.07, 6.45) is 3.31. The maximum absolute atomic E-state index is 13.5. The van der Waals surface area contributed by atoms with Crippen LogP contribution in [0, 0.1) is 0 Å². The van der Waals surface area contributed by atoms with Crippen LogP contribution in [0.25, 0.3) is 11.3 Å². The van der Waals surface area contributed by atoms with Gasteiger partial charge >= 0.3 is 17.7 Å². The molecule has 3 N–H and O–H groups in total. The first-order valence-electron chi connectivity index (χ1n) is 12.5. The number of nitrogens with one attached hydrogen (secondary N) is 1. The first-order valence-corrected chi connectivity index (χ1v) is 12.5. The molecule has 3 aromatic carbocycles. The molecule has 5 rings (SSSR count). The lowest BCUT2D eigenvalue weighted by Gasteiger charge is -2.08. The first-order chi connectivity index (χ1) is 18.5. The minimum absolute atomic E-state index is 0.0641. The molecule has 0 radical (unpaired) electrons. The van der Waals surface area contributed by atoms with Gasteiger partial charge in [-0.05, 0) is 53.9 Å². The van der Waals surface area contributed by atoms with Crippen molar-refractivity contribution in [3.63, 3.8) is 0 Å². The van der Waals surface area contributed by atoms with Crippen LogP contribution >= 0.6 is 0 Å². The predicted octanol–water partition coefficient (Wildman–Crippen LogP) is 4.25. The van der Waals surface area contributed by atoms with Gasteiger partial charge in [0.2, 0.25) is 0 Å². The van der Waals surface area contributed by atoms with Gasteiger partial charge in [0.15, 0.2) is 6.04 Å². The van der Waals surface area contributed by atoms with E-state index in [1.807, 2.05) is 54.6 Å². The largest absolute Gasteiger partial charge is 0.508 e. The highest BCUT2D eigenvalue weighted by Gasteiger charge is 2.41. The van der Waals surface area contributed by atoms with E-state index in [0.29, 0.717) is 43.1 Å². The van der Waals surface area contributed by atoms with Gasteiger partial charge < -0.3 is 14.9 Å². The number of fused-ring (bicyclic) bond motifs is 1. The molecule has 0 saturated heterocycles. The Balaban J connectivity index is 1.36. The number of rotatable bonds is 10. The van der Waals surface area contributed by atoms with Crippen LogP contribution in [-0.2, 0) is 17.6 Å². The van der Waals surface area contributed by atoms with E-state index in [4.69, 9.17) is 14.8 Å². The molecule has 38 heavy (non-hydrogen) atoms. The molecule has 1 unspecified atom stereocenters. The fraction of sp³-hybridized carbons (Fsp3) is 0.200. The third-order valence-electron chi connectivity index (χ3n) is 6.41. The van der Waals surface area contributed by atoms with Gasteiger partial charge in [-0.25, -0.2) is 9.78 Å². The molecule has 2 heterocycles. The number of aromatic nitrogens is 2. The molecular formula is C30H28N3O5+. The smallest absolute Gasteiger partial charge is 0.359 e. The van der Waals surface area contributed by atoms with Crippen molar-refractivity contribution in [1.82, 2.24) is 4.98 Å². The number of aliphatic carboxylic acids is 1. The molecule has 1 aliphatic rings. The SMILES string of the molecule is O=C(O)CCCOc1ccc(CC2Nc3c(Cc4ccccc4)nc(-c4ccc(O)cc4)c[n+]3C2=O)cc1. The molecule has 0 fully saturated rings. The number of aromatic hydroxyl groups is 1. The van der Waals surface area contributed by atoms with Gasteiger partial charge in [-0.15, -0.1) is 0 Å². The van der Waals surface area contributed by atoms with Crippen molar-refractivity contribution in [2.24, 2.45) is 0 Å². The molecule has 1 aromatic heterocycles. The minimum Gasteiger partial charge on any atom is -0.508 e. The molecule has 0 aliphatic carbocycles. The summed E-state index contributed by atoms with van der Waals surface area (Å²) in [6, 6.07) is 23.8. The Morgan fingerprint density at radius 2 is 1.71 bits per heavy atom. The second kappa shape index (κ2) is 11.1. The van der Waals surface area contributed by atoms with Gasteiger partial charge in [0.1, 0.15) is 29.1 Å². The molecule has 4 aromatic rings. The van der Waals surface area contributed by atoms with Crippen LogP contribution in [0.2, 0.25) is 0 Å². The fourth-order valence-electron chi connectivity index (χ4n) is 4.47. The number of hydrogen-bond acceptors (Lipinski definition) is 6. The Morgan fingerprint density at radius 1 is 0.974 bits per heavy atom. The topological polar surface area (TPSA) is 113 Å². The highest BCUT2D eigenvalue weighted by atomic mass is 16.5. The van der Waals surface area contributed by atoms with Crippen molar-refractivity contribution < 1.29 is 29.1 Å². The molecule has 192 valence electrons. The molecule has 0 saturated carbocycles. The van der Waals surface area contributed by atoms with Crippen LogP contribution in [0.15, 0.2) is 85.1 Å². The number of ether oxygens (including phenoxy) is 1. The van der Waals surface area contributed by atoms with Gasteiger partial charge in [0.25, 0.3) is 0 Å². The molecule has 0 bridgehead atoms. The predicted molar refractivity (Wildman–Crippen MR) is 141 cm³/mol. The highest BCUT2D eigenvalue weighted by molar-refractivity contribution is 5.82. The van der Waals surface area contributed by atoms with Crippen molar-refractivity contribution in [2.45, 2.75) is 31.7 Å². The summed E-state index contributed by atoms with van der Waals surface area (Å²) < 4.78 is 7.27. The van der Waals surface area contributed by atoms with E-state index < -0.39 is 12.0 Å². The summed E-state index contributed by atoms with van der Waals surface area (Å²) in [5.41, 5.74) is 4.28. The average Bonchev–Trinajstić information content (AvgIpc) is 3.23.